The van der Waals surface area contributed by atoms with Crippen LogP contribution in [0.2, 0.25) is 0 Å². The lowest BCUT2D eigenvalue weighted by Crippen LogP contribution is -2.36. The molecule has 0 bridgehead atoms. The smallest absolute Gasteiger partial charge is 0.344 e. The van der Waals surface area contributed by atoms with Crippen LogP contribution >= 0.6 is 0 Å². The Morgan fingerprint density at radius 3 is 2.64 bits per heavy atom. The van der Waals surface area contributed by atoms with Crippen LogP contribution in [0, 0.1) is 12.3 Å². The Morgan fingerprint density at radius 2 is 1.91 bits per heavy atom. The van der Waals surface area contributed by atoms with Gasteiger partial charge < -0.3 is 20.3 Å². The van der Waals surface area contributed by atoms with Crippen molar-refractivity contribution in [1.29, 1.82) is 0 Å². The molecule has 1 aromatic carbocycles. The highest BCUT2D eigenvalue weighted by atomic mass is 16.5. The fraction of sp³-hybridized carbons (Fsp3) is 0.542. The zero-order chi connectivity index (χ0) is 23.0. The lowest BCUT2D eigenvalue weighted by atomic mass is 9.86. The predicted molar refractivity (Wildman–Crippen MR) is 124 cm³/mol. The van der Waals surface area contributed by atoms with Gasteiger partial charge >= 0.3 is 6.03 Å². The van der Waals surface area contributed by atoms with Crippen molar-refractivity contribution in [3.63, 3.8) is 0 Å². The van der Waals surface area contributed by atoms with Gasteiger partial charge in [-0.3, -0.25) is 9.69 Å². The number of morpholine rings is 1. The Kier molecular flexibility index (Phi) is 5.84. The highest BCUT2D eigenvalue weighted by molar-refractivity contribution is 5.93. The average Bonchev–Trinajstić information content (AvgIpc) is 3.55. The first-order valence-electron chi connectivity index (χ1n) is 11.7. The number of carbonyl (C=O) groups is 2. The van der Waals surface area contributed by atoms with E-state index in [1.54, 1.807) is 0 Å². The van der Waals surface area contributed by atoms with E-state index in [1.807, 2.05) is 4.90 Å². The maximum absolute atomic E-state index is 12.8. The number of amides is 2. The zero-order valence-corrected chi connectivity index (χ0v) is 19.2. The van der Waals surface area contributed by atoms with Gasteiger partial charge in [0.05, 0.1) is 25.0 Å². The quantitative estimate of drug-likeness (QED) is 0.758. The minimum Gasteiger partial charge on any atom is -0.378 e. The molecule has 4 heterocycles. The van der Waals surface area contributed by atoms with Crippen LogP contribution in [-0.4, -0.2) is 84.0 Å². The van der Waals surface area contributed by atoms with Crippen molar-refractivity contribution in [2.75, 3.05) is 57.4 Å². The summed E-state index contributed by atoms with van der Waals surface area (Å²) < 4.78 is 6.71. The second-order valence-corrected chi connectivity index (χ2v) is 9.67. The maximum atomic E-state index is 12.8. The summed E-state index contributed by atoms with van der Waals surface area (Å²) in [6.07, 6.45) is 4.84. The van der Waals surface area contributed by atoms with Crippen LogP contribution in [0.3, 0.4) is 0 Å². The first kappa shape index (κ1) is 21.9. The molecule has 3 fully saturated rings. The van der Waals surface area contributed by atoms with Crippen molar-refractivity contribution in [2.45, 2.75) is 26.3 Å². The van der Waals surface area contributed by atoms with E-state index in [9.17, 15) is 9.59 Å². The van der Waals surface area contributed by atoms with Gasteiger partial charge in [-0.05, 0) is 43.5 Å². The molecule has 3 aliphatic heterocycles. The van der Waals surface area contributed by atoms with Crippen LogP contribution in [0.1, 0.15) is 34.3 Å². The van der Waals surface area contributed by atoms with E-state index in [4.69, 9.17) is 10.5 Å². The molecule has 3 aliphatic rings. The summed E-state index contributed by atoms with van der Waals surface area (Å²) >= 11 is 0. The van der Waals surface area contributed by atoms with Gasteiger partial charge in [-0.25, -0.2) is 4.79 Å². The van der Waals surface area contributed by atoms with Gasteiger partial charge in [0.15, 0.2) is 0 Å². The molecule has 3 saturated heterocycles. The number of rotatable bonds is 4. The van der Waals surface area contributed by atoms with Crippen LogP contribution in [0.25, 0.3) is 0 Å². The van der Waals surface area contributed by atoms with Crippen molar-refractivity contribution in [2.24, 2.45) is 11.1 Å². The van der Waals surface area contributed by atoms with E-state index in [1.165, 1.54) is 33.9 Å². The lowest BCUT2D eigenvalue weighted by molar-refractivity contribution is 0.1000. The molecule has 0 aliphatic carbocycles. The number of benzene rings is 1. The Morgan fingerprint density at radius 1 is 1.12 bits per heavy atom. The number of aryl methyl sites for hydroxylation is 1. The first-order chi connectivity index (χ1) is 15.9. The average molecular weight is 453 g/mol. The minimum atomic E-state index is -0.577. The lowest BCUT2D eigenvalue weighted by Gasteiger charge is -2.30. The number of primary amides is 1. The highest BCUT2D eigenvalue weighted by Crippen LogP contribution is 2.40. The van der Waals surface area contributed by atoms with Gasteiger partial charge in [-0.15, -0.1) is 0 Å². The molecular weight excluding hydrogens is 420 g/mol. The molecule has 176 valence electrons. The maximum Gasteiger partial charge on any atom is 0.344 e. The van der Waals surface area contributed by atoms with Crippen LogP contribution < -0.4 is 10.6 Å². The Labute approximate surface area is 194 Å². The van der Waals surface area contributed by atoms with Gasteiger partial charge in [-0.1, -0.05) is 12.1 Å². The molecule has 9 nitrogen and oxygen atoms in total. The SMILES string of the molecule is Cc1cc(CN2CCC3(CCN(C(=O)n4cc(C(N)=O)cn4)C3)C2)ccc1N1CCOCC1. The first-order valence-corrected chi connectivity index (χ1v) is 11.7. The minimum absolute atomic E-state index is 0.137. The van der Waals surface area contributed by atoms with E-state index < -0.39 is 5.91 Å². The van der Waals surface area contributed by atoms with Crippen LogP contribution in [0.4, 0.5) is 10.5 Å². The van der Waals surface area contributed by atoms with Crippen molar-refractivity contribution in [1.82, 2.24) is 19.6 Å². The molecule has 9 heteroatoms. The fourth-order valence-electron chi connectivity index (χ4n) is 5.53. The zero-order valence-electron chi connectivity index (χ0n) is 19.2. The Balaban J connectivity index is 1.19. The third kappa shape index (κ3) is 4.47. The fourth-order valence-corrected chi connectivity index (χ4v) is 5.53. The number of carbonyl (C=O) groups excluding carboxylic acids is 2. The van der Waals surface area contributed by atoms with E-state index in [0.29, 0.717) is 6.54 Å². The number of ether oxygens (including phenoxy) is 1. The van der Waals surface area contributed by atoms with Gasteiger partial charge in [-0.2, -0.15) is 9.78 Å². The third-order valence-corrected chi connectivity index (χ3v) is 7.31. The third-order valence-electron chi connectivity index (χ3n) is 7.31. The monoisotopic (exact) mass is 452 g/mol. The van der Waals surface area contributed by atoms with E-state index >= 15 is 0 Å². The highest BCUT2D eigenvalue weighted by Gasteiger charge is 2.45. The van der Waals surface area contributed by atoms with Crippen LogP contribution in [-0.2, 0) is 11.3 Å². The predicted octanol–water partition coefficient (Wildman–Crippen LogP) is 1.69. The molecule has 1 atom stereocenters. The molecule has 2 N–H and O–H groups in total. The van der Waals surface area contributed by atoms with Crippen LogP contribution in [0.5, 0.6) is 0 Å². The summed E-state index contributed by atoms with van der Waals surface area (Å²) in [5, 5.41) is 4.02. The number of anilines is 1. The van der Waals surface area contributed by atoms with E-state index in [-0.39, 0.29) is 17.0 Å². The van der Waals surface area contributed by atoms with Gasteiger partial charge in [0.25, 0.3) is 5.91 Å². The number of hydrogen-bond acceptors (Lipinski definition) is 6. The summed E-state index contributed by atoms with van der Waals surface area (Å²) in [7, 11) is 0. The number of likely N-dealkylation sites (tertiary alicyclic amines) is 2. The van der Waals surface area contributed by atoms with Crippen molar-refractivity contribution in [3.8, 4) is 0 Å². The molecule has 1 aromatic heterocycles. The van der Waals surface area contributed by atoms with Crippen molar-refractivity contribution in [3.05, 3.63) is 47.3 Å². The van der Waals surface area contributed by atoms with E-state index in [0.717, 1.165) is 65.3 Å². The van der Waals surface area contributed by atoms with Gasteiger partial charge in [0.2, 0.25) is 0 Å². The summed E-state index contributed by atoms with van der Waals surface area (Å²) in [5.41, 5.74) is 9.63. The summed E-state index contributed by atoms with van der Waals surface area (Å²) in [5.74, 6) is -0.577. The number of nitrogens with zero attached hydrogens (tertiary/aromatic N) is 5. The second-order valence-electron chi connectivity index (χ2n) is 9.67. The Hall–Kier alpha value is -2.91. The molecule has 2 amide bonds. The topological polar surface area (TPSA) is 96.9 Å². The van der Waals surface area contributed by atoms with Crippen molar-refractivity contribution >= 4 is 17.6 Å². The largest absolute Gasteiger partial charge is 0.378 e. The number of aromatic nitrogens is 2. The molecule has 0 saturated carbocycles. The molecule has 0 radical (unpaired) electrons. The Bertz CT molecular complexity index is 1050. The summed E-state index contributed by atoms with van der Waals surface area (Å²) in [6.45, 7) is 10.1. The molecule has 2 aromatic rings. The van der Waals surface area contributed by atoms with Gasteiger partial charge in [0, 0.05) is 56.6 Å². The van der Waals surface area contributed by atoms with Crippen LogP contribution in [0.15, 0.2) is 30.6 Å². The number of nitrogens with two attached hydrogens (primary N) is 1. The molecule has 1 unspecified atom stereocenters. The number of hydrogen-bond donors (Lipinski definition) is 1. The summed E-state index contributed by atoms with van der Waals surface area (Å²) in [6, 6.07) is 6.63. The van der Waals surface area contributed by atoms with E-state index in [2.05, 4.69) is 40.0 Å². The normalized spacial score (nSPS) is 23.5. The molecule has 1 spiro atoms. The second kappa shape index (κ2) is 8.79. The standard InChI is InChI=1S/C24H32N6O3/c1-18-12-19(2-3-21(18)28-8-10-33-11-9-28)14-27-6-4-24(16-27)5-7-29(17-24)23(32)30-15-20(13-26-30)22(25)31/h2-3,12-13,15H,4-11,14,16-17H2,1H3,(H2,25,31). The molecular formula is C24H32N6O3. The van der Waals surface area contributed by atoms with Gasteiger partial charge in [0.1, 0.15) is 0 Å². The summed E-state index contributed by atoms with van der Waals surface area (Å²) in [4.78, 5) is 30.9. The van der Waals surface area contributed by atoms with Crippen molar-refractivity contribution < 1.29 is 14.3 Å². The molecule has 5 rings (SSSR count). The molecule has 33 heavy (non-hydrogen) atoms.